The Labute approximate surface area is 91.5 Å². The molecule has 0 bridgehead atoms. The van der Waals surface area contributed by atoms with Gasteiger partial charge in [0, 0.05) is 0 Å². The van der Waals surface area contributed by atoms with Crippen LogP contribution in [0.15, 0.2) is 12.2 Å². The van der Waals surface area contributed by atoms with Crippen molar-refractivity contribution in [2.45, 2.75) is 53.1 Å². The number of rotatable bonds is 3. The van der Waals surface area contributed by atoms with Crippen molar-refractivity contribution in [1.29, 1.82) is 0 Å². The van der Waals surface area contributed by atoms with Crippen molar-refractivity contribution in [3.63, 3.8) is 0 Å². The standard InChI is InChI=1S/C12H22F2O/c1-10(2,3)7-8-12(13,14)9-15-11(4,5)6/h7-8H,9H2,1-6H3. The predicted octanol–water partition coefficient (Wildman–Crippen LogP) is 4.04. The molecular formula is C12H22F2O. The summed E-state index contributed by atoms with van der Waals surface area (Å²) in [7, 11) is 0. The van der Waals surface area contributed by atoms with Crippen molar-refractivity contribution < 1.29 is 13.5 Å². The fraction of sp³-hybridized carbons (Fsp3) is 0.833. The number of halogens is 2. The second kappa shape index (κ2) is 4.60. The lowest BCUT2D eigenvalue weighted by molar-refractivity contribution is -0.0961. The Hall–Kier alpha value is -0.440. The second-order valence-corrected chi connectivity index (χ2v) is 5.86. The van der Waals surface area contributed by atoms with Gasteiger partial charge in [-0.2, -0.15) is 8.78 Å². The summed E-state index contributed by atoms with van der Waals surface area (Å²) in [5, 5.41) is 0. The first-order chi connectivity index (χ1) is 6.41. The summed E-state index contributed by atoms with van der Waals surface area (Å²) in [5.74, 6) is -2.89. The van der Waals surface area contributed by atoms with E-state index in [1.807, 2.05) is 20.8 Å². The van der Waals surface area contributed by atoms with Gasteiger partial charge in [-0.25, -0.2) is 0 Å². The molecule has 0 rings (SSSR count). The molecule has 0 aromatic rings. The summed E-state index contributed by atoms with van der Waals surface area (Å²) in [6, 6.07) is 0. The van der Waals surface area contributed by atoms with Gasteiger partial charge >= 0.3 is 0 Å². The number of ether oxygens (including phenoxy) is 1. The van der Waals surface area contributed by atoms with Gasteiger partial charge in [0.15, 0.2) is 0 Å². The minimum Gasteiger partial charge on any atom is -0.369 e. The molecule has 90 valence electrons. The molecule has 0 saturated heterocycles. The molecule has 0 aliphatic carbocycles. The molecule has 0 radical (unpaired) electrons. The third kappa shape index (κ3) is 9.85. The van der Waals surface area contributed by atoms with Crippen LogP contribution < -0.4 is 0 Å². The SMILES string of the molecule is CC(C)(C)C=CC(F)(F)COC(C)(C)C. The van der Waals surface area contributed by atoms with Crippen LogP contribution in [0, 0.1) is 5.41 Å². The predicted molar refractivity (Wildman–Crippen MR) is 59.2 cm³/mol. The third-order valence-electron chi connectivity index (χ3n) is 1.52. The molecule has 0 saturated carbocycles. The highest BCUT2D eigenvalue weighted by molar-refractivity contribution is 5.00. The molecule has 0 aliphatic heterocycles. The highest BCUT2D eigenvalue weighted by Crippen LogP contribution is 2.23. The first-order valence-electron chi connectivity index (χ1n) is 5.14. The van der Waals surface area contributed by atoms with E-state index >= 15 is 0 Å². The van der Waals surface area contributed by atoms with Crippen LogP contribution in [-0.2, 0) is 4.74 Å². The lowest BCUT2D eigenvalue weighted by Crippen LogP contribution is -2.29. The Morgan fingerprint density at radius 2 is 1.40 bits per heavy atom. The van der Waals surface area contributed by atoms with Gasteiger partial charge in [0.1, 0.15) is 6.61 Å². The van der Waals surface area contributed by atoms with Crippen molar-refractivity contribution in [3.05, 3.63) is 12.2 Å². The maximum absolute atomic E-state index is 13.3. The van der Waals surface area contributed by atoms with E-state index < -0.39 is 18.1 Å². The molecule has 0 spiro atoms. The quantitative estimate of drug-likeness (QED) is 0.652. The zero-order valence-electron chi connectivity index (χ0n) is 10.5. The highest BCUT2D eigenvalue weighted by Gasteiger charge is 2.28. The summed E-state index contributed by atoms with van der Waals surface area (Å²) in [4.78, 5) is 0. The first-order valence-corrected chi connectivity index (χ1v) is 5.14. The minimum absolute atomic E-state index is 0.231. The number of hydrogen-bond acceptors (Lipinski definition) is 1. The van der Waals surface area contributed by atoms with E-state index in [1.165, 1.54) is 6.08 Å². The Balaban J connectivity index is 4.26. The second-order valence-electron chi connectivity index (χ2n) is 5.86. The Bertz CT molecular complexity index is 219. The van der Waals surface area contributed by atoms with Gasteiger partial charge in [-0.15, -0.1) is 0 Å². The smallest absolute Gasteiger partial charge is 0.289 e. The van der Waals surface area contributed by atoms with E-state index in [-0.39, 0.29) is 5.41 Å². The Morgan fingerprint density at radius 3 is 1.73 bits per heavy atom. The van der Waals surface area contributed by atoms with Gasteiger partial charge in [-0.1, -0.05) is 26.8 Å². The summed E-state index contributed by atoms with van der Waals surface area (Å²) in [6.07, 6.45) is 2.44. The average molecular weight is 220 g/mol. The largest absolute Gasteiger partial charge is 0.369 e. The fourth-order valence-electron chi connectivity index (χ4n) is 0.733. The topological polar surface area (TPSA) is 9.23 Å². The molecule has 0 heterocycles. The third-order valence-corrected chi connectivity index (χ3v) is 1.52. The number of allylic oxidation sites excluding steroid dienone is 1. The monoisotopic (exact) mass is 220 g/mol. The molecular weight excluding hydrogens is 198 g/mol. The van der Waals surface area contributed by atoms with E-state index in [4.69, 9.17) is 4.74 Å². The Kier molecular flexibility index (Phi) is 4.47. The van der Waals surface area contributed by atoms with E-state index in [1.54, 1.807) is 20.8 Å². The lowest BCUT2D eigenvalue weighted by Gasteiger charge is -2.23. The van der Waals surface area contributed by atoms with Crippen molar-refractivity contribution in [1.82, 2.24) is 0 Å². The van der Waals surface area contributed by atoms with E-state index in [0.717, 1.165) is 6.08 Å². The molecule has 3 heteroatoms. The maximum atomic E-state index is 13.3. The molecule has 0 amide bonds. The average Bonchev–Trinajstić information content (AvgIpc) is 1.96. The van der Waals surface area contributed by atoms with Gasteiger partial charge in [0.05, 0.1) is 5.60 Å². The summed E-state index contributed by atoms with van der Waals surface area (Å²) >= 11 is 0. The normalized spacial score (nSPS) is 14.9. The van der Waals surface area contributed by atoms with Crippen LogP contribution >= 0.6 is 0 Å². The van der Waals surface area contributed by atoms with Crippen molar-refractivity contribution in [2.24, 2.45) is 5.41 Å². The van der Waals surface area contributed by atoms with Crippen LogP contribution in [0.2, 0.25) is 0 Å². The van der Waals surface area contributed by atoms with Crippen LogP contribution in [-0.4, -0.2) is 18.1 Å². The molecule has 15 heavy (non-hydrogen) atoms. The van der Waals surface area contributed by atoms with Gasteiger partial charge in [-0.3, -0.25) is 0 Å². The summed E-state index contributed by atoms with van der Waals surface area (Å²) in [5.41, 5.74) is -0.760. The molecule has 1 nitrogen and oxygen atoms in total. The van der Waals surface area contributed by atoms with Crippen LogP contribution in [0.3, 0.4) is 0 Å². The van der Waals surface area contributed by atoms with Crippen molar-refractivity contribution >= 4 is 0 Å². The molecule has 0 unspecified atom stereocenters. The first kappa shape index (κ1) is 14.6. The zero-order chi connectivity index (χ0) is 12.3. The van der Waals surface area contributed by atoms with Crippen molar-refractivity contribution in [2.75, 3.05) is 6.61 Å². The van der Waals surface area contributed by atoms with Crippen LogP contribution in [0.25, 0.3) is 0 Å². The molecule has 0 atom stereocenters. The van der Waals surface area contributed by atoms with Crippen LogP contribution in [0.5, 0.6) is 0 Å². The van der Waals surface area contributed by atoms with Crippen molar-refractivity contribution in [3.8, 4) is 0 Å². The van der Waals surface area contributed by atoms with Gasteiger partial charge in [0.2, 0.25) is 0 Å². The zero-order valence-corrected chi connectivity index (χ0v) is 10.5. The van der Waals surface area contributed by atoms with Crippen LogP contribution in [0.1, 0.15) is 41.5 Å². The molecule has 0 N–H and O–H groups in total. The van der Waals surface area contributed by atoms with Gasteiger partial charge in [0.25, 0.3) is 5.92 Å². The van der Waals surface area contributed by atoms with Gasteiger partial charge in [-0.05, 0) is 32.3 Å². The number of hydrogen-bond donors (Lipinski definition) is 0. The summed E-state index contributed by atoms with van der Waals surface area (Å²) < 4.78 is 31.6. The molecule has 0 aliphatic rings. The number of alkyl halides is 2. The van der Waals surface area contributed by atoms with Crippen LogP contribution in [0.4, 0.5) is 8.78 Å². The minimum atomic E-state index is -2.89. The molecule has 0 aromatic heterocycles. The maximum Gasteiger partial charge on any atom is 0.289 e. The lowest BCUT2D eigenvalue weighted by atomic mass is 9.95. The molecule has 0 aromatic carbocycles. The van der Waals surface area contributed by atoms with E-state index in [2.05, 4.69) is 0 Å². The van der Waals surface area contributed by atoms with E-state index in [0.29, 0.717) is 0 Å². The van der Waals surface area contributed by atoms with Gasteiger partial charge < -0.3 is 4.74 Å². The fourth-order valence-corrected chi connectivity index (χ4v) is 0.733. The summed E-state index contributed by atoms with van der Waals surface area (Å²) in [6.45, 7) is 10.4. The molecule has 0 fully saturated rings. The van der Waals surface area contributed by atoms with E-state index in [9.17, 15) is 8.78 Å². The highest BCUT2D eigenvalue weighted by atomic mass is 19.3. The Morgan fingerprint density at radius 1 is 0.933 bits per heavy atom.